The van der Waals surface area contributed by atoms with Crippen LogP contribution >= 0.6 is 0 Å². The molecule has 100 valence electrons. The number of anilines is 2. The van der Waals surface area contributed by atoms with Crippen molar-refractivity contribution < 1.29 is 12.8 Å². The molecular formula is C12H12FN3O2S. The molecule has 0 fully saturated rings. The number of sulfonamides is 1. The fourth-order valence-corrected chi connectivity index (χ4v) is 2.69. The van der Waals surface area contributed by atoms with E-state index in [9.17, 15) is 12.8 Å². The van der Waals surface area contributed by atoms with Crippen LogP contribution in [0.1, 0.15) is 5.56 Å². The standard InChI is InChI=1S/C12H12FN3O2S/c1-8-2-3-15-7-12(8)16-19(17,18)11-5-9(13)4-10(14)6-11/h2-7,16H,14H2,1H3. The highest BCUT2D eigenvalue weighted by Gasteiger charge is 2.16. The van der Waals surface area contributed by atoms with Crippen LogP contribution in [0, 0.1) is 12.7 Å². The Morgan fingerprint density at radius 3 is 2.68 bits per heavy atom. The van der Waals surface area contributed by atoms with Crippen molar-refractivity contribution in [1.29, 1.82) is 0 Å². The summed E-state index contributed by atoms with van der Waals surface area (Å²) in [6.07, 6.45) is 2.93. The molecule has 1 aromatic heterocycles. The molecule has 0 unspecified atom stereocenters. The highest BCUT2D eigenvalue weighted by molar-refractivity contribution is 7.92. The first-order valence-electron chi connectivity index (χ1n) is 5.38. The third-order valence-electron chi connectivity index (χ3n) is 2.49. The number of nitrogens with two attached hydrogens (primary N) is 1. The van der Waals surface area contributed by atoms with Gasteiger partial charge in [-0.1, -0.05) is 0 Å². The number of rotatable bonds is 3. The fourth-order valence-electron chi connectivity index (χ4n) is 1.51. The van der Waals surface area contributed by atoms with Crippen LogP contribution in [0.5, 0.6) is 0 Å². The van der Waals surface area contributed by atoms with Crippen molar-refractivity contribution in [2.24, 2.45) is 0 Å². The first-order chi connectivity index (χ1) is 8.88. The van der Waals surface area contributed by atoms with E-state index in [-0.39, 0.29) is 10.6 Å². The summed E-state index contributed by atoms with van der Waals surface area (Å²) in [7, 11) is -3.89. The van der Waals surface area contributed by atoms with Gasteiger partial charge in [-0.15, -0.1) is 0 Å². The molecule has 2 rings (SSSR count). The van der Waals surface area contributed by atoms with E-state index in [0.717, 1.165) is 12.1 Å². The highest BCUT2D eigenvalue weighted by Crippen LogP contribution is 2.20. The summed E-state index contributed by atoms with van der Waals surface area (Å²) in [5, 5.41) is 0. The first kappa shape index (κ1) is 13.3. The van der Waals surface area contributed by atoms with Crippen LogP contribution < -0.4 is 10.5 Å². The normalized spacial score (nSPS) is 11.3. The maximum Gasteiger partial charge on any atom is 0.262 e. The lowest BCUT2D eigenvalue weighted by molar-refractivity contribution is 0.595. The minimum absolute atomic E-state index is 0.0447. The van der Waals surface area contributed by atoms with Crippen LogP contribution in [0.15, 0.2) is 41.6 Å². The number of nitrogen functional groups attached to an aromatic ring is 1. The minimum atomic E-state index is -3.89. The predicted molar refractivity (Wildman–Crippen MR) is 70.6 cm³/mol. The van der Waals surface area contributed by atoms with Crippen molar-refractivity contribution in [1.82, 2.24) is 4.98 Å². The van der Waals surface area contributed by atoms with E-state index in [1.54, 1.807) is 19.2 Å². The van der Waals surface area contributed by atoms with Gasteiger partial charge in [-0.2, -0.15) is 0 Å². The van der Waals surface area contributed by atoms with E-state index in [1.807, 2.05) is 0 Å². The van der Waals surface area contributed by atoms with Crippen LogP contribution in [0.25, 0.3) is 0 Å². The van der Waals surface area contributed by atoms with E-state index < -0.39 is 15.8 Å². The molecule has 1 heterocycles. The van der Waals surface area contributed by atoms with Gasteiger partial charge in [-0.05, 0) is 36.8 Å². The lowest BCUT2D eigenvalue weighted by Crippen LogP contribution is -2.14. The Morgan fingerprint density at radius 2 is 2.05 bits per heavy atom. The SMILES string of the molecule is Cc1ccncc1NS(=O)(=O)c1cc(N)cc(F)c1. The van der Waals surface area contributed by atoms with Gasteiger partial charge in [-0.3, -0.25) is 9.71 Å². The first-order valence-corrected chi connectivity index (χ1v) is 6.86. The van der Waals surface area contributed by atoms with Gasteiger partial charge in [-0.25, -0.2) is 12.8 Å². The Labute approximate surface area is 110 Å². The number of halogens is 1. The minimum Gasteiger partial charge on any atom is -0.399 e. The molecule has 1 aromatic carbocycles. The average Bonchev–Trinajstić information content (AvgIpc) is 2.31. The molecule has 5 nitrogen and oxygen atoms in total. The highest BCUT2D eigenvalue weighted by atomic mass is 32.2. The Morgan fingerprint density at radius 1 is 1.32 bits per heavy atom. The third kappa shape index (κ3) is 3.00. The zero-order valence-corrected chi connectivity index (χ0v) is 10.9. The number of nitrogens with one attached hydrogen (secondary N) is 1. The van der Waals surface area contributed by atoms with E-state index in [0.29, 0.717) is 11.3 Å². The molecule has 0 atom stereocenters. The molecule has 0 aliphatic heterocycles. The summed E-state index contributed by atoms with van der Waals surface area (Å²) in [5.74, 6) is -0.705. The van der Waals surface area contributed by atoms with Crippen LogP contribution in [0.2, 0.25) is 0 Å². The molecule has 0 amide bonds. The van der Waals surface area contributed by atoms with Crippen molar-refractivity contribution in [3.05, 3.63) is 48.0 Å². The molecule has 0 bridgehead atoms. The van der Waals surface area contributed by atoms with Crippen molar-refractivity contribution >= 4 is 21.4 Å². The lowest BCUT2D eigenvalue weighted by atomic mass is 10.3. The van der Waals surface area contributed by atoms with Crippen LogP contribution in [0.3, 0.4) is 0 Å². The summed E-state index contributed by atoms with van der Waals surface area (Å²) in [5.41, 5.74) is 6.53. The Balaban J connectivity index is 2.41. The zero-order valence-electron chi connectivity index (χ0n) is 10.1. The van der Waals surface area contributed by atoms with E-state index in [4.69, 9.17) is 5.73 Å². The van der Waals surface area contributed by atoms with Crippen LogP contribution in [-0.2, 0) is 10.0 Å². The second-order valence-electron chi connectivity index (χ2n) is 4.02. The molecular weight excluding hydrogens is 269 g/mol. The molecule has 0 radical (unpaired) electrons. The second kappa shape index (κ2) is 4.85. The topological polar surface area (TPSA) is 85.1 Å². The summed E-state index contributed by atoms with van der Waals surface area (Å²) in [6.45, 7) is 1.74. The smallest absolute Gasteiger partial charge is 0.262 e. The van der Waals surface area contributed by atoms with E-state index >= 15 is 0 Å². The van der Waals surface area contributed by atoms with E-state index in [2.05, 4.69) is 9.71 Å². The maximum absolute atomic E-state index is 13.2. The Kier molecular flexibility index (Phi) is 3.39. The van der Waals surface area contributed by atoms with Crippen molar-refractivity contribution in [2.45, 2.75) is 11.8 Å². The largest absolute Gasteiger partial charge is 0.399 e. The number of nitrogens with zero attached hydrogens (tertiary/aromatic N) is 1. The Hall–Kier alpha value is -2.15. The average molecular weight is 281 g/mol. The maximum atomic E-state index is 13.2. The molecule has 3 N–H and O–H groups in total. The number of pyridine rings is 1. The van der Waals surface area contributed by atoms with Crippen LogP contribution in [-0.4, -0.2) is 13.4 Å². The molecule has 0 saturated heterocycles. The molecule has 19 heavy (non-hydrogen) atoms. The summed E-state index contributed by atoms with van der Waals surface area (Å²) in [6, 6.07) is 4.81. The molecule has 0 aliphatic carbocycles. The molecule has 2 aromatic rings. The predicted octanol–water partition coefficient (Wildman–Crippen LogP) is 1.91. The van der Waals surface area contributed by atoms with Gasteiger partial charge in [0.05, 0.1) is 16.8 Å². The number of hydrogen-bond donors (Lipinski definition) is 2. The van der Waals surface area contributed by atoms with Crippen LogP contribution in [0.4, 0.5) is 15.8 Å². The molecule has 7 heteroatoms. The quantitative estimate of drug-likeness (QED) is 0.842. The van der Waals surface area contributed by atoms with Gasteiger partial charge >= 0.3 is 0 Å². The summed E-state index contributed by atoms with van der Waals surface area (Å²) in [4.78, 5) is 3.60. The number of aromatic nitrogens is 1. The van der Waals surface area contributed by atoms with Gasteiger partial charge in [0.1, 0.15) is 5.82 Å². The lowest BCUT2D eigenvalue weighted by Gasteiger charge is -2.10. The van der Waals surface area contributed by atoms with Gasteiger partial charge in [0.2, 0.25) is 0 Å². The third-order valence-corrected chi connectivity index (χ3v) is 3.83. The number of hydrogen-bond acceptors (Lipinski definition) is 4. The van der Waals surface area contributed by atoms with Gasteiger partial charge < -0.3 is 5.73 Å². The van der Waals surface area contributed by atoms with Gasteiger partial charge in [0.25, 0.3) is 10.0 Å². The molecule has 0 aliphatic rings. The summed E-state index contributed by atoms with van der Waals surface area (Å²) >= 11 is 0. The van der Waals surface area contributed by atoms with Gasteiger partial charge in [0.15, 0.2) is 0 Å². The molecule has 0 saturated carbocycles. The number of benzene rings is 1. The van der Waals surface area contributed by atoms with Crippen molar-refractivity contribution in [3.8, 4) is 0 Å². The molecule has 0 spiro atoms. The van der Waals surface area contributed by atoms with Crippen molar-refractivity contribution in [3.63, 3.8) is 0 Å². The fraction of sp³-hybridized carbons (Fsp3) is 0.0833. The monoisotopic (exact) mass is 281 g/mol. The van der Waals surface area contributed by atoms with Crippen molar-refractivity contribution in [2.75, 3.05) is 10.5 Å². The number of aryl methyl sites for hydroxylation is 1. The van der Waals surface area contributed by atoms with E-state index in [1.165, 1.54) is 12.3 Å². The summed E-state index contributed by atoms with van der Waals surface area (Å²) < 4.78 is 39.7. The zero-order chi connectivity index (χ0) is 14.0. The Bertz CT molecular complexity index is 696. The second-order valence-corrected chi connectivity index (χ2v) is 5.70. The van der Waals surface area contributed by atoms with Gasteiger partial charge in [0, 0.05) is 11.9 Å².